The van der Waals surface area contributed by atoms with Crippen molar-refractivity contribution in [2.45, 2.75) is 38.3 Å². The van der Waals surface area contributed by atoms with E-state index in [1.54, 1.807) is 6.20 Å². The number of piperidine rings is 1. The van der Waals surface area contributed by atoms with Gasteiger partial charge >= 0.3 is 0 Å². The first-order chi connectivity index (χ1) is 10.2. The minimum absolute atomic E-state index is 0. The minimum atomic E-state index is -0.308. The van der Waals surface area contributed by atoms with E-state index in [4.69, 9.17) is 5.73 Å². The molecule has 0 saturated carbocycles. The number of hydrogen-bond acceptors (Lipinski definition) is 4. The molecule has 1 unspecified atom stereocenters. The number of rotatable bonds is 6. The fourth-order valence-corrected chi connectivity index (χ4v) is 2.73. The van der Waals surface area contributed by atoms with Crippen LogP contribution in [-0.4, -0.2) is 41.5 Å². The Hall–Kier alpha value is -1.24. The molecule has 0 spiro atoms. The lowest BCUT2D eigenvalue weighted by molar-refractivity contribution is -0.121. The van der Waals surface area contributed by atoms with Crippen molar-refractivity contribution < 1.29 is 9.18 Å². The molecule has 2 heterocycles. The first kappa shape index (κ1) is 18.8. The Bertz CT molecular complexity index is 475. The zero-order valence-corrected chi connectivity index (χ0v) is 13.4. The van der Waals surface area contributed by atoms with Gasteiger partial charge in [0, 0.05) is 38.3 Å². The van der Waals surface area contributed by atoms with E-state index in [0.29, 0.717) is 32.1 Å². The third-order valence-corrected chi connectivity index (χ3v) is 3.80. The molecule has 0 radical (unpaired) electrons. The fraction of sp³-hybridized carbons (Fsp3) is 0.600. The first-order valence-electron chi connectivity index (χ1n) is 7.49. The van der Waals surface area contributed by atoms with Gasteiger partial charge in [-0.3, -0.25) is 14.7 Å². The van der Waals surface area contributed by atoms with E-state index in [1.165, 1.54) is 12.3 Å². The monoisotopic (exact) mass is 330 g/mol. The number of nitrogens with zero attached hydrogens (tertiary/aromatic N) is 2. The number of halogens is 2. The lowest BCUT2D eigenvalue weighted by Crippen LogP contribution is -2.46. The second kappa shape index (κ2) is 9.71. The van der Waals surface area contributed by atoms with E-state index >= 15 is 0 Å². The number of nitrogens with two attached hydrogens (primary N) is 1. The molecule has 1 aromatic heterocycles. The molecule has 1 atom stereocenters. The van der Waals surface area contributed by atoms with Crippen molar-refractivity contribution in [1.29, 1.82) is 0 Å². The lowest BCUT2D eigenvalue weighted by Gasteiger charge is -2.35. The van der Waals surface area contributed by atoms with Crippen LogP contribution in [0.5, 0.6) is 0 Å². The average molecular weight is 331 g/mol. The summed E-state index contributed by atoms with van der Waals surface area (Å²) in [6, 6.07) is 1.81. The number of carbonyl (C=O) groups excluding carboxylic acids is 1. The molecule has 0 bridgehead atoms. The van der Waals surface area contributed by atoms with Crippen LogP contribution in [0.15, 0.2) is 18.5 Å². The number of hydrogen-bond donors (Lipinski definition) is 2. The summed E-state index contributed by atoms with van der Waals surface area (Å²) in [5.41, 5.74) is 6.24. The van der Waals surface area contributed by atoms with Crippen molar-refractivity contribution in [3.05, 3.63) is 29.8 Å². The predicted molar refractivity (Wildman–Crippen MR) is 86.2 cm³/mol. The molecule has 0 aromatic carbocycles. The van der Waals surface area contributed by atoms with Crippen molar-refractivity contribution in [3.63, 3.8) is 0 Å². The largest absolute Gasteiger partial charge is 0.354 e. The molecule has 1 aliphatic heterocycles. The maximum Gasteiger partial charge on any atom is 0.221 e. The van der Waals surface area contributed by atoms with Crippen LogP contribution in [-0.2, 0) is 11.3 Å². The Morgan fingerprint density at radius 2 is 2.27 bits per heavy atom. The van der Waals surface area contributed by atoms with Crippen LogP contribution < -0.4 is 11.1 Å². The van der Waals surface area contributed by atoms with Gasteiger partial charge in [0.25, 0.3) is 0 Å². The molecule has 3 N–H and O–H groups in total. The van der Waals surface area contributed by atoms with E-state index in [2.05, 4.69) is 15.2 Å². The maximum absolute atomic E-state index is 13.2. The van der Waals surface area contributed by atoms with E-state index in [-0.39, 0.29) is 24.1 Å². The Morgan fingerprint density at radius 1 is 1.45 bits per heavy atom. The second-order valence-electron chi connectivity index (χ2n) is 5.47. The molecule has 2 rings (SSSR count). The average Bonchev–Trinajstić information content (AvgIpc) is 2.47. The van der Waals surface area contributed by atoms with Gasteiger partial charge in [-0.15, -0.1) is 12.4 Å². The van der Waals surface area contributed by atoms with Crippen molar-refractivity contribution >= 4 is 18.3 Å². The van der Waals surface area contributed by atoms with Crippen molar-refractivity contribution in [1.82, 2.24) is 15.2 Å². The van der Waals surface area contributed by atoms with Crippen molar-refractivity contribution in [2.24, 2.45) is 5.73 Å². The lowest BCUT2D eigenvalue weighted by atomic mass is 10.0. The molecule has 1 fully saturated rings. The number of likely N-dealkylation sites (tertiary alicyclic amines) is 1. The third-order valence-electron chi connectivity index (χ3n) is 3.80. The van der Waals surface area contributed by atoms with Gasteiger partial charge < -0.3 is 11.1 Å². The summed E-state index contributed by atoms with van der Waals surface area (Å²) in [5.74, 6) is -0.312. The Balaban J connectivity index is 0.00000242. The van der Waals surface area contributed by atoms with Gasteiger partial charge in [0.1, 0.15) is 5.82 Å². The summed E-state index contributed by atoms with van der Waals surface area (Å²) < 4.78 is 13.2. The maximum atomic E-state index is 13.2. The SMILES string of the molecule is Cl.NCCC(=O)NCC1CCCCN1Cc1cncc(F)c1. The van der Waals surface area contributed by atoms with Gasteiger partial charge in [-0.05, 0) is 31.0 Å². The van der Waals surface area contributed by atoms with Crippen LogP contribution in [0.25, 0.3) is 0 Å². The standard InChI is InChI=1S/C15H23FN4O.ClH/c16-13-7-12(8-18-9-13)11-20-6-2-1-3-14(20)10-19-15(21)4-5-17;/h7-9,14H,1-6,10-11,17H2,(H,19,21);1H. The number of pyridine rings is 1. The molecule has 0 aliphatic carbocycles. The molecule has 1 aromatic rings. The van der Waals surface area contributed by atoms with Gasteiger partial charge in [0.05, 0.1) is 6.20 Å². The highest BCUT2D eigenvalue weighted by molar-refractivity contribution is 5.85. The quantitative estimate of drug-likeness (QED) is 0.828. The third kappa shape index (κ3) is 5.87. The molecule has 1 saturated heterocycles. The van der Waals surface area contributed by atoms with Crippen LogP contribution in [0.1, 0.15) is 31.2 Å². The van der Waals surface area contributed by atoms with Crippen LogP contribution in [0.3, 0.4) is 0 Å². The van der Waals surface area contributed by atoms with Crippen LogP contribution in [0.4, 0.5) is 4.39 Å². The molecule has 22 heavy (non-hydrogen) atoms. The predicted octanol–water partition coefficient (Wildman–Crippen LogP) is 1.46. The zero-order chi connectivity index (χ0) is 15.1. The molecule has 124 valence electrons. The van der Waals surface area contributed by atoms with Crippen molar-refractivity contribution in [3.8, 4) is 0 Å². The Kier molecular flexibility index (Phi) is 8.30. The highest BCUT2D eigenvalue weighted by atomic mass is 35.5. The Morgan fingerprint density at radius 3 is 3.00 bits per heavy atom. The molecular weight excluding hydrogens is 307 g/mol. The normalized spacial score (nSPS) is 18.5. The summed E-state index contributed by atoms with van der Waals surface area (Å²) in [6.07, 6.45) is 6.61. The van der Waals surface area contributed by atoms with Crippen LogP contribution in [0.2, 0.25) is 0 Å². The Labute approximate surface area is 136 Å². The van der Waals surface area contributed by atoms with E-state index in [9.17, 15) is 9.18 Å². The minimum Gasteiger partial charge on any atom is -0.354 e. The van der Waals surface area contributed by atoms with Gasteiger partial charge in [0.15, 0.2) is 0 Å². The van der Waals surface area contributed by atoms with Gasteiger partial charge in [-0.2, -0.15) is 0 Å². The van der Waals surface area contributed by atoms with Crippen molar-refractivity contribution in [2.75, 3.05) is 19.6 Å². The number of carbonyl (C=O) groups is 1. The first-order valence-corrected chi connectivity index (χ1v) is 7.49. The fourth-order valence-electron chi connectivity index (χ4n) is 2.73. The molecule has 1 amide bonds. The van der Waals surface area contributed by atoms with Crippen LogP contribution in [0, 0.1) is 5.82 Å². The molecule has 1 aliphatic rings. The smallest absolute Gasteiger partial charge is 0.221 e. The highest BCUT2D eigenvalue weighted by Gasteiger charge is 2.23. The molecule has 7 heteroatoms. The summed E-state index contributed by atoms with van der Waals surface area (Å²) in [4.78, 5) is 17.7. The van der Waals surface area contributed by atoms with Gasteiger partial charge in [-0.25, -0.2) is 4.39 Å². The van der Waals surface area contributed by atoms with Crippen LogP contribution >= 0.6 is 12.4 Å². The van der Waals surface area contributed by atoms with E-state index in [0.717, 1.165) is 31.4 Å². The number of amides is 1. The summed E-state index contributed by atoms with van der Waals surface area (Å²) in [6.45, 7) is 2.63. The summed E-state index contributed by atoms with van der Waals surface area (Å²) >= 11 is 0. The molecular formula is C15H24ClFN4O. The topological polar surface area (TPSA) is 71.2 Å². The van der Waals surface area contributed by atoms with Gasteiger partial charge in [-0.1, -0.05) is 6.42 Å². The highest BCUT2D eigenvalue weighted by Crippen LogP contribution is 2.19. The van der Waals surface area contributed by atoms with E-state index in [1.807, 2.05) is 0 Å². The second-order valence-corrected chi connectivity index (χ2v) is 5.47. The summed E-state index contributed by atoms with van der Waals surface area (Å²) in [7, 11) is 0. The van der Waals surface area contributed by atoms with Gasteiger partial charge in [0.2, 0.25) is 5.91 Å². The number of aromatic nitrogens is 1. The number of nitrogens with one attached hydrogen (secondary N) is 1. The zero-order valence-electron chi connectivity index (χ0n) is 12.6. The summed E-state index contributed by atoms with van der Waals surface area (Å²) in [5, 5.41) is 2.93. The molecule has 5 nitrogen and oxygen atoms in total. The van der Waals surface area contributed by atoms with E-state index < -0.39 is 0 Å².